The van der Waals surface area contributed by atoms with Crippen molar-refractivity contribution in [2.45, 2.75) is 32.1 Å². The summed E-state index contributed by atoms with van der Waals surface area (Å²) in [5.41, 5.74) is 2.54. The molecule has 1 fully saturated rings. The number of carbonyl (C=O) groups excluding carboxylic acids is 1. The molecule has 1 aliphatic carbocycles. The molecule has 0 heterocycles. The Bertz CT molecular complexity index is 380. The first kappa shape index (κ1) is 11.2. The van der Waals surface area contributed by atoms with Crippen LogP contribution in [0, 0.1) is 12.8 Å². The zero-order valence-electron chi connectivity index (χ0n) is 9.90. The number of hydrogen-bond donors (Lipinski definition) is 0. The van der Waals surface area contributed by atoms with Crippen molar-refractivity contribution < 1.29 is 9.53 Å². The number of aryl methyl sites for hydroxylation is 1. The van der Waals surface area contributed by atoms with E-state index in [9.17, 15) is 4.79 Å². The molecule has 1 atom stereocenters. The van der Waals surface area contributed by atoms with Gasteiger partial charge in [0.05, 0.1) is 13.5 Å². The molecule has 1 aliphatic rings. The minimum Gasteiger partial charge on any atom is -0.469 e. The van der Waals surface area contributed by atoms with E-state index in [1.54, 1.807) is 0 Å². The van der Waals surface area contributed by atoms with Crippen LogP contribution >= 0.6 is 0 Å². The smallest absolute Gasteiger partial charge is 0.306 e. The van der Waals surface area contributed by atoms with Gasteiger partial charge in [0, 0.05) is 0 Å². The van der Waals surface area contributed by atoms with Crippen LogP contribution in [0.2, 0.25) is 0 Å². The average Bonchev–Trinajstić information content (AvgIpc) is 3.09. The van der Waals surface area contributed by atoms with Crippen LogP contribution in [0.15, 0.2) is 24.3 Å². The standard InChI is InChI=1S/C14H18O2/c1-10-4-3-5-12(8-10)13(11-6-7-11)9-14(15)16-2/h3-5,8,11,13H,6-7,9H2,1-2H3/t13-/m0/s1. The Hall–Kier alpha value is -1.31. The molecule has 0 aromatic heterocycles. The molecular formula is C14H18O2. The van der Waals surface area contributed by atoms with Crippen molar-refractivity contribution in [3.05, 3.63) is 35.4 Å². The molecule has 0 unspecified atom stereocenters. The summed E-state index contributed by atoms with van der Waals surface area (Å²) in [6.07, 6.45) is 3.01. The molecule has 0 spiro atoms. The highest BCUT2D eigenvalue weighted by Gasteiger charge is 2.33. The second kappa shape index (κ2) is 4.69. The predicted octanol–water partition coefficient (Wildman–Crippen LogP) is 3.05. The van der Waals surface area contributed by atoms with Crippen molar-refractivity contribution in [2.75, 3.05) is 7.11 Å². The number of esters is 1. The third-order valence-corrected chi connectivity index (χ3v) is 3.28. The van der Waals surface area contributed by atoms with E-state index in [0.717, 1.165) is 0 Å². The van der Waals surface area contributed by atoms with Crippen molar-refractivity contribution in [1.29, 1.82) is 0 Å². The van der Waals surface area contributed by atoms with Crippen molar-refractivity contribution in [2.24, 2.45) is 5.92 Å². The largest absolute Gasteiger partial charge is 0.469 e. The maximum atomic E-state index is 11.4. The van der Waals surface area contributed by atoms with E-state index in [4.69, 9.17) is 4.74 Å². The maximum absolute atomic E-state index is 11.4. The molecule has 0 aliphatic heterocycles. The third kappa shape index (κ3) is 2.63. The first-order valence-electron chi connectivity index (χ1n) is 5.84. The fourth-order valence-corrected chi connectivity index (χ4v) is 2.22. The van der Waals surface area contributed by atoms with Crippen LogP contribution < -0.4 is 0 Å². The maximum Gasteiger partial charge on any atom is 0.306 e. The van der Waals surface area contributed by atoms with Gasteiger partial charge in [0.15, 0.2) is 0 Å². The Kier molecular flexibility index (Phi) is 3.28. The fraction of sp³-hybridized carbons (Fsp3) is 0.500. The quantitative estimate of drug-likeness (QED) is 0.726. The Morgan fingerprint density at radius 2 is 2.25 bits per heavy atom. The molecule has 1 aromatic rings. The van der Waals surface area contributed by atoms with E-state index in [-0.39, 0.29) is 5.97 Å². The molecule has 0 N–H and O–H groups in total. The van der Waals surface area contributed by atoms with Gasteiger partial charge in [-0.25, -0.2) is 0 Å². The van der Waals surface area contributed by atoms with Crippen LogP contribution in [-0.2, 0) is 9.53 Å². The second-order valence-corrected chi connectivity index (χ2v) is 4.64. The van der Waals surface area contributed by atoms with Crippen LogP contribution in [0.1, 0.15) is 36.3 Å². The normalized spacial score (nSPS) is 16.9. The van der Waals surface area contributed by atoms with Crippen LogP contribution in [-0.4, -0.2) is 13.1 Å². The summed E-state index contributed by atoms with van der Waals surface area (Å²) < 4.78 is 4.77. The number of methoxy groups -OCH3 is 1. The number of rotatable bonds is 4. The van der Waals surface area contributed by atoms with E-state index in [1.807, 2.05) is 0 Å². The molecular weight excluding hydrogens is 200 g/mol. The first-order chi connectivity index (χ1) is 7.70. The summed E-state index contributed by atoms with van der Waals surface area (Å²) in [7, 11) is 1.46. The highest BCUT2D eigenvalue weighted by atomic mass is 16.5. The molecule has 2 rings (SSSR count). The number of benzene rings is 1. The van der Waals surface area contributed by atoms with Gasteiger partial charge >= 0.3 is 5.97 Å². The molecule has 0 saturated heterocycles. The van der Waals surface area contributed by atoms with Gasteiger partial charge in [-0.3, -0.25) is 4.79 Å². The highest BCUT2D eigenvalue weighted by molar-refractivity contribution is 5.70. The Morgan fingerprint density at radius 3 is 2.81 bits per heavy atom. The Balaban J connectivity index is 2.15. The molecule has 86 valence electrons. The summed E-state index contributed by atoms with van der Waals surface area (Å²) in [4.78, 5) is 11.4. The molecule has 2 nitrogen and oxygen atoms in total. The van der Waals surface area contributed by atoms with Gasteiger partial charge in [-0.15, -0.1) is 0 Å². The summed E-state index contributed by atoms with van der Waals surface area (Å²) in [5, 5.41) is 0. The molecule has 1 saturated carbocycles. The highest BCUT2D eigenvalue weighted by Crippen LogP contribution is 2.44. The van der Waals surface area contributed by atoms with Gasteiger partial charge < -0.3 is 4.74 Å². The number of ether oxygens (including phenoxy) is 1. The summed E-state index contributed by atoms with van der Waals surface area (Å²) >= 11 is 0. The Labute approximate surface area is 96.6 Å². The van der Waals surface area contributed by atoms with Crippen LogP contribution in [0.25, 0.3) is 0 Å². The molecule has 1 aromatic carbocycles. The third-order valence-electron chi connectivity index (χ3n) is 3.28. The van der Waals surface area contributed by atoms with Crippen molar-refractivity contribution in [3.63, 3.8) is 0 Å². The summed E-state index contributed by atoms with van der Waals surface area (Å²) in [6.45, 7) is 2.09. The zero-order valence-corrected chi connectivity index (χ0v) is 9.90. The number of hydrogen-bond acceptors (Lipinski definition) is 2. The van der Waals surface area contributed by atoms with E-state index < -0.39 is 0 Å². The Morgan fingerprint density at radius 1 is 1.50 bits per heavy atom. The second-order valence-electron chi connectivity index (χ2n) is 4.64. The van der Waals surface area contributed by atoms with Gasteiger partial charge in [0.2, 0.25) is 0 Å². The average molecular weight is 218 g/mol. The van der Waals surface area contributed by atoms with Gasteiger partial charge in [-0.05, 0) is 37.2 Å². The van der Waals surface area contributed by atoms with Crippen LogP contribution in [0.5, 0.6) is 0 Å². The van der Waals surface area contributed by atoms with Crippen LogP contribution in [0.4, 0.5) is 0 Å². The lowest BCUT2D eigenvalue weighted by Gasteiger charge is -2.15. The number of carbonyl (C=O) groups is 1. The van der Waals surface area contributed by atoms with E-state index in [2.05, 4.69) is 31.2 Å². The first-order valence-corrected chi connectivity index (χ1v) is 5.84. The fourth-order valence-electron chi connectivity index (χ4n) is 2.22. The van der Waals surface area contributed by atoms with E-state index >= 15 is 0 Å². The van der Waals surface area contributed by atoms with Crippen molar-refractivity contribution in [3.8, 4) is 0 Å². The lowest BCUT2D eigenvalue weighted by atomic mass is 9.90. The van der Waals surface area contributed by atoms with Crippen molar-refractivity contribution in [1.82, 2.24) is 0 Å². The molecule has 16 heavy (non-hydrogen) atoms. The lowest BCUT2D eigenvalue weighted by molar-refractivity contribution is -0.141. The van der Waals surface area contributed by atoms with Gasteiger partial charge in [0.25, 0.3) is 0 Å². The van der Waals surface area contributed by atoms with Gasteiger partial charge in [-0.1, -0.05) is 29.8 Å². The monoisotopic (exact) mass is 218 g/mol. The predicted molar refractivity (Wildman–Crippen MR) is 63.3 cm³/mol. The molecule has 0 radical (unpaired) electrons. The SMILES string of the molecule is COC(=O)C[C@H](c1cccc(C)c1)C1CC1. The lowest BCUT2D eigenvalue weighted by Crippen LogP contribution is -2.10. The molecule has 2 heteroatoms. The zero-order chi connectivity index (χ0) is 11.5. The van der Waals surface area contributed by atoms with E-state index in [1.165, 1.54) is 31.1 Å². The summed E-state index contributed by atoms with van der Waals surface area (Å²) in [6, 6.07) is 8.47. The van der Waals surface area contributed by atoms with E-state index in [0.29, 0.717) is 18.3 Å². The minimum atomic E-state index is -0.0987. The van der Waals surface area contributed by atoms with Gasteiger partial charge in [-0.2, -0.15) is 0 Å². The van der Waals surface area contributed by atoms with Gasteiger partial charge in [0.1, 0.15) is 0 Å². The minimum absolute atomic E-state index is 0.0987. The van der Waals surface area contributed by atoms with Crippen molar-refractivity contribution >= 4 is 5.97 Å². The molecule has 0 amide bonds. The summed E-state index contributed by atoms with van der Waals surface area (Å²) in [5.74, 6) is 0.937. The van der Waals surface area contributed by atoms with Crippen LogP contribution in [0.3, 0.4) is 0 Å². The molecule has 0 bridgehead atoms. The topological polar surface area (TPSA) is 26.3 Å².